The first-order chi connectivity index (χ1) is 12.7. The highest BCUT2D eigenvalue weighted by atomic mass is 32.1. The molecule has 1 saturated heterocycles. The van der Waals surface area contributed by atoms with Gasteiger partial charge in [0.2, 0.25) is 0 Å². The Morgan fingerprint density at radius 2 is 2.38 bits per heavy atom. The average Bonchev–Trinajstić information content (AvgIpc) is 3.38. The largest absolute Gasteiger partial charge is 0.469 e. The van der Waals surface area contributed by atoms with Crippen molar-refractivity contribution < 1.29 is 9.15 Å². The molecule has 2 aromatic heterocycles. The number of hydrogen-bond acceptors (Lipinski definition) is 5. The number of thiazole rings is 1. The van der Waals surface area contributed by atoms with E-state index in [2.05, 4.69) is 29.2 Å². The van der Waals surface area contributed by atoms with Gasteiger partial charge in [0.1, 0.15) is 5.76 Å². The monoisotopic (exact) mass is 376 g/mol. The average molecular weight is 377 g/mol. The molecule has 0 spiro atoms. The number of aryl methyl sites for hydroxylation is 1. The van der Waals surface area contributed by atoms with Crippen molar-refractivity contribution in [3.8, 4) is 0 Å². The molecule has 0 amide bonds. The molecule has 0 saturated carbocycles. The molecule has 0 aliphatic carbocycles. The van der Waals surface area contributed by atoms with Crippen molar-refractivity contribution in [2.45, 2.75) is 26.2 Å². The lowest BCUT2D eigenvalue weighted by Gasteiger charge is -2.22. The molecule has 3 heterocycles. The predicted octanol–water partition coefficient (Wildman–Crippen LogP) is 2.74. The molecule has 1 unspecified atom stereocenters. The van der Waals surface area contributed by atoms with Crippen LogP contribution in [0.4, 0.5) is 0 Å². The molecule has 142 valence electrons. The number of nitrogens with zero attached hydrogens (tertiary/aromatic N) is 3. The van der Waals surface area contributed by atoms with Gasteiger partial charge in [0, 0.05) is 63.1 Å². The smallest absolute Gasteiger partial charge is 0.193 e. The molecule has 0 aromatic carbocycles. The summed E-state index contributed by atoms with van der Waals surface area (Å²) in [5.41, 5.74) is 0. The zero-order valence-corrected chi connectivity index (χ0v) is 16.4. The van der Waals surface area contributed by atoms with E-state index in [1.54, 1.807) is 17.6 Å². The number of aromatic nitrogens is 1. The number of aliphatic imine (C=N–C) groups is 1. The van der Waals surface area contributed by atoms with Crippen LogP contribution in [0, 0.1) is 12.8 Å². The summed E-state index contributed by atoms with van der Waals surface area (Å²) < 4.78 is 10.9. The molecule has 2 aromatic rings. The Balaban J connectivity index is 1.53. The number of hydrogen-bond donors (Lipinski definition) is 1. The molecule has 1 aliphatic rings. The van der Waals surface area contributed by atoms with E-state index < -0.39 is 0 Å². The van der Waals surface area contributed by atoms with Gasteiger partial charge >= 0.3 is 0 Å². The Hall–Kier alpha value is -1.86. The number of likely N-dealkylation sites (N-methyl/N-ethyl adjacent to an activating group) is 1. The summed E-state index contributed by atoms with van der Waals surface area (Å²) in [5, 5.41) is 4.66. The van der Waals surface area contributed by atoms with Crippen LogP contribution < -0.4 is 5.32 Å². The zero-order valence-electron chi connectivity index (χ0n) is 15.6. The number of ether oxygens (including phenoxy) is 1. The van der Waals surface area contributed by atoms with Gasteiger partial charge in [0.15, 0.2) is 5.96 Å². The summed E-state index contributed by atoms with van der Waals surface area (Å²) in [6, 6.07) is 3.93. The van der Waals surface area contributed by atoms with Gasteiger partial charge in [-0.05, 0) is 25.5 Å². The molecule has 6 nitrogen and oxygen atoms in total. The third-order valence-corrected chi connectivity index (χ3v) is 5.42. The van der Waals surface area contributed by atoms with Crippen molar-refractivity contribution in [3.05, 3.63) is 40.2 Å². The lowest BCUT2D eigenvalue weighted by molar-refractivity contribution is 0.187. The summed E-state index contributed by atoms with van der Waals surface area (Å²) in [4.78, 5) is 12.7. The van der Waals surface area contributed by atoms with E-state index in [0.29, 0.717) is 5.92 Å². The summed E-state index contributed by atoms with van der Waals surface area (Å²) in [5.74, 6) is 2.46. The molecule has 0 radical (unpaired) electrons. The van der Waals surface area contributed by atoms with Gasteiger partial charge in [0.25, 0.3) is 0 Å². The van der Waals surface area contributed by atoms with Gasteiger partial charge in [-0.15, -0.1) is 11.3 Å². The number of rotatable bonds is 8. The highest BCUT2D eigenvalue weighted by Gasteiger charge is 2.16. The van der Waals surface area contributed by atoms with E-state index in [-0.39, 0.29) is 0 Å². The number of guanidine groups is 1. The molecular formula is C19H28N4O2S. The minimum atomic E-state index is 0.534. The van der Waals surface area contributed by atoms with Crippen molar-refractivity contribution in [2.24, 2.45) is 10.9 Å². The van der Waals surface area contributed by atoms with E-state index in [1.807, 2.05) is 18.3 Å². The highest BCUT2D eigenvalue weighted by Crippen LogP contribution is 2.13. The topological polar surface area (TPSA) is 62.9 Å². The van der Waals surface area contributed by atoms with Gasteiger partial charge in [-0.1, -0.05) is 0 Å². The molecule has 0 bridgehead atoms. The van der Waals surface area contributed by atoms with Crippen LogP contribution in [-0.4, -0.2) is 55.7 Å². The summed E-state index contributed by atoms with van der Waals surface area (Å²) in [6.45, 7) is 6.28. The van der Waals surface area contributed by atoms with Gasteiger partial charge in [-0.25, -0.2) is 4.98 Å². The van der Waals surface area contributed by atoms with Crippen LogP contribution in [0.3, 0.4) is 0 Å². The van der Waals surface area contributed by atoms with E-state index in [0.717, 1.165) is 63.8 Å². The minimum Gasteiger partial charge on any atom is -0.469 e. The lowest BCUT2D eigenvalue weighted by Crippen LogP contribution is -2.41. The number of furan rings is 1. The van der Waals surface area contributed by atoms with Crippen LogP contribution in [0.1, 0.15) is 22.1 Å². The fraction of sp³-hybridized carbons (Fsp3) is 0.579. The molecule has 26 heavy (non-hydrogen) atoms. The molecule has 1 aliphatic heterocycles. The van der Waals surface area contributed by atoms with Gasteiger partial charge in [-0.2, -0.15) is 0 Å². The quantitative estimate of drug-likeness (QED) is 0.567. The van der Waals surface area contributed by atoms with Gasteiger partial charge in [-0.3, -0.25) is 4.99 Å². The highest BCUT2D eigenvalue weighted by molar-refractivity contribution is 7.11. The van der Waals surface area contributed by atoms with Crippen molar-refractivity contribution in [3.63, 3.8) is 0 Å². The third kappa shape index (κ3) is 5.85. The molecule has 1 N–H and O–H groups in total. The van der Waals surface area contributed by atoms with Crippen LogP contribution in [-0.2, 0) is 17.6 Å². The fourth-order valence-electron chi connectivity index (χ4n) is 2.89. The maximum Gasteiger partial charge on any atom is 0.193 e. The molecule has 7 heteroatoms. The number of nitrogens with one attached hydrogen (secondary N) is 1. The van der Waals surface area contributed by atoms with Crippen molar-refractivity contribution >= 4 is 17.3 Å². The Morgan fingerprint density at radius 3 is 3.08 bits per heavy atom. The standard InChI is InChI=1S/C19H28N4O2S/c1-15-12-21-18(26-15)6-9-23(2)19(22-13-16-7-11-24-14-16)20-8-5-17-4-3-10-25-17/h3-4,10,12,16H,5-9,11,13-14H2,1-2H3,(H,20,22). The summed E-state index contributed by atoms with van der Waals surface area (Å²) in [6.07, 6.45) is 6.53. The van der Waals surface area contributed by atoms with Crippen molar-refractivity contribution in [1.82, 2.24) is 15.2 Å². The fourth-order valence-corrected chi connectivity index (χ4v) is 3.67. The normalized spacial score (nSPS) is 17.6. The van der Waals surface area contributed by atoms with Crippen molar-refractivity contribution in [1.29, 1.82) is 0 Å². The maximum atomic E-state index is 5.47. The third-order valence-electron chi connectivity index (χ3n) is 4.45. The second-order valence-electron chi connectivity index (χ2n) is 6.69. The van der Waals surface area contributed by atoms with Gasteiger partial charge < -0.3 is 19.4 Å². The Bertz CT molecular complexity index is 678. The Kier molecular flexibility index (Phi) is 7.08. The zero-order chi connectivity index (χ0) is 18.2. The summed E-state index contributed by atoms with van der Waals surface area (Å²) >= 11 is 1.76. The van der Waals surface area contributed by atoms with E-state index in [9.17, 15) is 0 Å². The summed E-state index contributed by atoms with van der Waals surface area (Å²) in [7, 11) is 2.09. The van der Waals surface area contributed by atoms with E-state index >= 15 is 0 Å². The first kappa shape index (κ1) is 18.9. The second kappa shape index (κ2) is 9.73. The second-order valence-corrected chi connectivity index (χ2v) is 8.01. The molecule has 3 rings (SSSR count). The van der Waals surface area contributed by atoms with Crippen LogP contribution >= 0.6 is 11.3 Å². The Morgan fingerprint density at radius 1 is 1.46 bits per heavy atom. The SMILES string of the molecule is Cc1cnc(CCN(C)C(=NCC2CCOC2)NCCc2ccco2)s1. The molecule has 1 atom stereocenters. The van der Waals surface area contributed by atoms with Crippen LogP contribution in [0.25, 0.3) is 0 Å². The minimum absolute atomic E-state index is 0.534. The molecular weight excluding hydrogens is 348 g/mol. The van der Waals surface area contributed by atoms with E-state index in [4.69, 9.17) is 14.1 Å². The van der Waals surface area contributed by atoms with Crippen molar-refractivity contribution in [2.75, 3.05) is 39.9 Å². The first-order valence-corrected chi connectivity index (χ1v) is 10.0. The molecule has 1 fully saturated rings. The van der Waals surface area contributed by atoms with E-state index in [1.165, 1.54) is 9.88 Å². The maximum absolute atomic E-state index is 5.47. The lowest BCUT2D eigenvalue weighted by atomic mass is 10.1. The van der Waals surface area contributed by atoms with Crippen LogP contribution in [0.2, 0.25) is 0 Å². The Labute approximate surface area is 159 Å². The van der Waals surface area contributed by atoms with Crippen LogP contribution in [0.5, 0.6) is 0 Å². The predicted molar refractivity (Wildman–Crippen MR) is 105 cm³/mol. The first-order valence-electron chi connectivity index (χ1n) is 9.21. The van der Waals surface area contributed by atoms with Gasteiger partial charge in [0.05, 0.1) is 17.9 Å². The van der Waals surface area contributed by atoms with Crippen LogP contribution in [0.15, 0.2) is 34.0 Å².